The molecule has 4 nitrogen and oxygen atoms in total. The quantitative estimate of drug-likeness (QED) is 0.734. The van der Waals surface area contributed by atoms with Crippen LogP contribution in [0.25, 0.3) is 0 Å². The lowest BCUT2D eigenvalue weighted by atomic mass is 9.77. The van der Waals surface area contributed by atoms with Crippen molar-refractivity contribution in [1.29, 1.82) is 0 Å². The van der Waals surface area contributed by atoms with Gasteiger partial charge in [0.2, 0.25) is 0 Å². The van der Waals surface area contributed by atoms with E-state index >= 15 is 0 Å². The highest BCUT2D eigenvalue weighted by atomic mass is 16.5. The lowest BCUT2D eigenvalue weighted by Crippen LogP contribution is -2.61. The maximum Gasteiger partial charge on any atom is 0.326 e. The molecule has 124 valence electrons. The van der Waals surface area contributed by atoms with Crippen LogP contribution in [-0.2, 0) is 9.53 Å². The molecule has 0 heterocycles. The molecule has 1 rings (SSSR count). The largest absolute Gasteiger partial charge is 0.468 e. The number of esters is 1. The highest BCUT2D eigenvalue weighted by Crippen LogP contribution is 2.33. The topological polar surface area (TPSA) is 41.6 Å². The molecule has 1 fully saturated rings. The van der Waals surface area contributed by atoms with Crippen molar-refractivity contribution in [2.24, 2.45) is 0 Å². The van der Waals surface area contributed by atoms with E-state index in [1.54, 1.807) is 0 Å². The van der Waals surface area contributed by atoms with Crippen LogP contribution in [0, 0.1) is 0 Å². The van der Waals surface area contributed by atoms with Gasteiger partial charge in [-0.05, 0) is 66.3 Å². The molecule has 0 amide bonds. The summed E-state index contributed by atoms with van der Waals surface area (Å²) in [5, 5.41) is 3.51. The van der Waals surface area contributed by atoms with Crippen molar-refractivity contribution >= 4 is 5.97 Å². The second kappa shape index (κ2) is 8.14. The monoisotopic (exact) mass is 298 g/mol. The minimum absolute atomic E-state index is 0.0962. The normalized spacial score (nSPS) is 26.6. The van der Waals surface area contributed by atoms with E-state index in [1.165, 1.54) is 13.5 Å². The number of hydrogen-bond acceptors (Lipinski definition) is 4. The molecule has 1 aliphatic rings. The molecule has 0 aromatic heterocycles. The van der Waals surface area contributed by atoms with Gasteiger partial charge in [0, 0.05) is 18.1 Å². The summed E-state index contributed by atoms with van der Waals surface area (Å²) < 4.78 is 5.12. The number of carbonyl (C=O) groups is 1. The van der Waals surface area contributed by atoms with Crippen LogP contribution in [0.5, 0.6) is 0 Å². The molecule has 4 heteroatoms. The third-order valence-corrected chi connectivity index (χ3v) is 4.48. The number of carbonyl (C=O) groups excluding carboxylic acids is 1. The fraction of sp³-hybridized carbons (Fsp3) is 0.941. The van der Waals surface area contributed by atoms with Crippen LogP contribution in [-0.4, -0.2) is 48.2 Å². The molecule has 0 bridgehead atoms. The van der Waals surface area contributed by atoms with Gasteiger partial charge in [-0.15, -0.1) is 0 Å². The molecule has 1 saturated carbocycles. The summed E-state index contributed by atoms with van der Waals surface area (Å²) in [6, 6.07) is 1.26. The summed E-state index contributed by atoms with van der Waals surface area (Å²) in [5.74, 6) is -0.0962. The van der Waals surface area contributed by atoms with Crippen LogP contribution in [0.15, 0.2) is 0 Å². The van der Waals surface area contributed by atoms with Crippen molar-refractivity contribution in [3.63, 3.8) is 0 Å². The first kappa shape index (κ1) is 18.4. The van der Waals surface area contributed by atoms with E-state index in [-0.39, 0.29) is 12.0 Å². The molecule has 0 radical (unpaired) electrons. The summed E-state index contributed by atoms with van der Waals surface area (Å²) in [6.45, 7) is 12.0. The van der Waals surface area contributed by atoms with Gasteiger partial charge in [0.1, 0.15) is 5.54 Å². The summed E-state index contributed by atoms with van der Waals surface area (Å²) in [6.07, 6.45) is 5.14. The Morgan fingerprint density at radius 1 is 1.38 bits per heavy atom. The van der Waals surface area contributed by atoms with Crippen LogP contribution in [0.2, 0.25) is 0 Å². The number of ether oxygens (including phenoxy) is 1. The van der Waals surface area contributed by atoms with Crippen molar-refractivity contribution in [3.05, 3.63) is 0 Å². The van der Waals surface area contributed by atoms with Crippen molar-refractivity contribution < 1.29 is 9.53 Å². The Bertz CT molecular complexity index is 331. The first-order valence-electron chi connectivity index (χ1n) is 8.48. The van der Waals surface area contributed by atoms with E-state index in [0.29, 0.717) is 12.1 Å². The molecule has 1 aliphatic carbocycles. The number of nitrogens with one attached hydrogen (secondary N) is 1. The Hall–Kier alpha value is -0.610. The van der Waals surface area contributed by atoms with Crippen molar-refractivity contribution in [2.45, 2.75) is 90.4 Å². The Labute approximate surface area is 130 Å². The number of methoxy groups -OCH3 is 1. The number of hydrogen-bond donors (Lipinski definition) is 1. The Morgan fingerprint density at radius 3 is 2.52 bits per heavy atom. The first-order valence-corrected chi connectivity index (χ1v) is 8.48. The van der Waals surface area contributed by atoms with Gasteiger partial charge in [-0.25, -0.2) is 0 Å². The van der Waals surface area contributed by atoms with Gasteiger partial charge in [0.05, 0.1) is 7.11 Å². The lowest BCUT2D eigenvalue weighted by molar-refractivity contribution is -0.152. The Morgan fingerprint density at radius 2 is 2.05 bits per heavy atom. The lowest BCUT2D eigenvalue weighted by Gasteiger charge is -2.45. The second-order valence-corrected chi connectivity index (χ2v) is 6.95. The van der Waals surface area contributed by atoms with Crippen LogP contribution in [0.1, 0.15) is 66.7 Å². The summed E-state index contributed by atoms with van der Waals surface area (Å²) in [4.78, 5) is 15.0. The highest BCUT2D eigenvalue weighted by Gasteiger charge is 2.45. The molecular formula is C17H34N2O2. The fourth-order valence-electron chi connectivity index (χ4n) is 3.77. The Kier molecular flexibility index (Phi) is 7.14. The molecule has 0 aliphatic heterocycles. The predicted octanol–water partition coefficient (Wildman–Crippen LogP) is 2.96. The third kappa shape index (κ3) is 4.68. The summed E-state index contributed by atoms with van der Waals surface area (Å²) in [5.41, 5.74) is -0.507. The molecule has 2 atom stereocenters. The van der Waals surface area contributed by atoms with E-state index in [1.807, 2.05) is 0 Å². The average Bonchev–Trinajstić information content (AvgIpc) is 2.42. The molecule has 1 N–H and O–H groups in total. The Balaban J connectivity index is 2.93. The van der Waals surface area contributed by atoms with E-state index in [2.05, 4.69) is 44.8 Å². The molecule has 0 aromatic rings. The zero-order valence-corrected chi connectivity index (χ0v) is 14.7. The minimum Gasteiger partial charge on any atom is -0.468 e. The van der Waals surface area contributed by atoms with Crippen LogP contribution < -0.4 is 5.32 Å². The SMILES string of the molecule is CCCN(C(C)C)C1CCCC(NC(C)C)(C(=O)OC)C1. The molecular weight excluding hydrogens is 264 g/mol. The van der Waals surface area contributed by atoms with E-state index in [9.17, 15) is 4.79 Å². The maximum atomic E-state index is 12.4. The van der Waals surface area contributed by atoms with Gasteiger partial charge in [0.15, 0.2) is 0 Å². The smallest absolute Gasteiger partial charge is 0.326 e. The molecule has 0 aromatic carbocycles. The van der Waals surface area contributed by atoms with Gasteiger partial charge < -0.3 is 4.74 Å². The van der Waals surface area contributed by atoms with Crippen molar-refractivity contribution in [1.82, 2.24) is 10.2 Å². The minimum atomic E-state index is -0.507. The van der Waals surface area contributed by atoms with Gasteiger partial charge in [-0.1, -0.05) is 6.92 Å². The molecule has 21 heavy (non-hydrogen) atoms. The fourth-order valence-corrected chi connectivity index (χ4v) is 3.77. The van der Waals surface area contributed by atoms with Gasteiger partial charge >= 0.3 is 5.97 Å². The average molecular weight is 298 g/mol. The highest BCUT2D eigenvalue weighted by molar-refractivity contribution is 5.81. The zero-order valence-electron chi connectivity index (χ0n) is 14.7. The van der Waals surface area contributed by atoms with E-state index in [4.69, 9.17) is 4.74 Å². The predicted molar refractivity (Wildman–Crippen MR) is 87.4 cm³/mol. The number of rotatable bonds is 7. The van der Waals surface area contributed by atoms with Gasteiger partial charge in [0.25, 0.3) is 0 Å². The van der Waals surface area contributed by atoms with Crippen molar-refractivity contribution in [2.75, 3.05) is 13.7 Å². The number of nitrogens with zero attached hydrogens (tertiary/aromatic N) is 1. The zero-order chi connectivity index (χ0) is 16.0. The molecule has 0 spiro atoms. The molecule has 2 unspecified atom stereocenters. The summed E-state index contributed by atoms with van der Waals surface area (Å²) >= 11 is 0. The summed E-state index contributed by atoms with van der Waals surface area (Å²) in [7, 11) is 1.50. The van der Waals surface area contributed by atoms with Crippen LogP contribution in [0.3, 0.4) is 0 Å². The third-order valence-electron chi connectivity index (χ3n) is 4.48. The van der Waals surface area contributed by atoms with Crippen LogP contribution in [0.4, 0.5) is 0 Å². The maximum absolute atomic E-state index is 12.4. The van der Waals surface area contributed by atoms with Crippen molar-refractivity contribution in [3.8, 4) is 0 Å². The van der Waals surface area contributed by atoms with E-state index in [0.717, 1.165) is 32.2 Å². The van der Waals surface area contributed by atoms with Crippen LogP contribution >= 0.6 is 0 Å². The standard InChI is InChI=1S/C17H34N2O2/c1-7-11-19(14(4)5)15-9-8-10-17(12-15,16(20)21-6)18-13(2)3/h13-15,18H,7-12H2,1-6H3. The molecule has 0 saturated heterocycles. The van der Waals surface area contributed by atoms with Gasteiger partial charge in [-0.2, -0.15) is 0 Å². The van der Waals surface area contributed by atoms with Gasteiger partial charge in [-0.3, -0.25) is 15.0 Å². The van der Waals surface area contributed by atoms with E-state index < -0.39 is 5.54 Å². The second-order valence-electron chi connectivity index (χ2n) is 6.95. The first-order chi connectivity index (χ1) is 9.86.